The van der Waals surface area contributed by atoms with Crippen LogP contribution in [0.15, 0.2) is 54.9 Å². The number of likely N-dealkylation sites (tertiary alicyclic amines) is 1. The minimum Gasteiger partial charge on any atom is -0.352 e. The number of halogens is 1. The molecule has 2 heterocycles. The number of aromatic nitrogens is 1. The Labute approximate surface area is 157 Å². The van der Waals surface area contributed by atoms with E-state index in [0.717, 1.165) is 12.8 Å². The second-order valence-corrected chi connectivity index (χ2v) is 6.58. The van der Waals surface area contributed by atoms with Gasteiger partial charge in [0.05, 0.1) is 5.56 Å². The Balaban J connectivity index is 1.44. The van der Waals surface area contributed by atoms with Crippen molar-refractivity contribution in [1.29, 1.82) is 0 Å². The van der Waals surface area contributed by atoms with Crippen LogP contribution in [-0.4, -0.2) is 41.3 Å². The number of carbonyl (C=O) groups is 2. The van der Waals surface area contributed by atoms with Gasteiger partial charge >= 0.3 is 0 Å². The summed E-state index contributed by atoms with van der Waals surface area (Å²) < 4.78 is 13.6. The highest BCUT2D eigenvalue weighted by Crippen LogP contribution is 2.17. The molecule has 1 aromatic carbocycles. The molecular weight excluding hydrogens is 345 g/mol. The fourth-order valence-electron chi connectivity index (χ4n) is 3.07. The summed E-state index contributed by atoms with van der Waals surface area (Å²) in [7, 11) is 0. The average Bonchev–Trinajstić information content (AvgIpc) is 2.72. The van der Waals surface area contributed by atoms with Crippen molar-refractivity contribution in [3.63, 3.8) is 0 Å². The second-order valence-electron chi connectivity index (χ2n) is 6.58. The van der Waals surface area contributed by atoms with Gasteiger partial charge in [0.2, 0.25) is 5.91 Å². The topological polar surface area (TPSA) is 62.3 Å². The van der Waals surface area contributed by atoms with E-state index in [2.05, 4.69) is 10.3 Å². The summed E-state index contributed by atoms with van der Waals surface area (Å²) in [5.41, 5.74) is 0.947. The van der Waals surface area contributed by atoms with Gasteiger partial charge in [-0.25, -0.2) is 4.39 Å². The Hall–Kier alpha value is -3.02. The number of nitrogens with one attached hydrogen (secondary N) is 1. The van der Waals surface area contributed by atoms with Crippen molar-refractivity contribution in [3.8, 4) is 0 Å². The minimum absolute atomic E-state index is 0.115. The Bertz CT molecular complexity index is 815. The maximum absolute atomic E-state index is 13.6. The smallest absolute Gasteiger partial charge is 0.252 e. The molecule has 2 aromatic rings. The molecule has 0 spiro atoms. The van der Waals surface area contributed by atoms with Crippen molar-refractivity contribution in [3.05, 3.63) is 71.8 Å². The van der Waals surface area contributed by atoms with Crippen LogP contribution in [0.5, 0.6) is 0 Å². The van der Waals surface area contributed by atoms with E-state index in [0.29, 0.717) is 36.7 Å². The number of hydrogen-bond donors (Lipinski definition) is 1. The second kappa shape index (κ2) is 9.07. The van der Waals surface area contributed by atoms with Crippen LogP contribution in [-0.2, 0) is 4.79 Å². The first kappa shape index (κ1) is 18.8. The molecule has 0 unspecified atom stereocenters. The molecular formula is C21H22FN3O2. The lowest BCUT2D eigenvalue weighted by Gasteiger charge is -2.31. The lowest BCUT2D eigenvalue weighted by atomic mass is 9.96. The molecule has 3 rings (SSSR count). The molecule has 27 heavy (non-hydrogen) atoms. The third-order valence-corrected chi connectivity index (χ3v) is 4.71. The van der Waals surface area contributed by atoms with Crippen LogP contribution in [0, 0.1) is 11.7 Å². The molecule has 1 aliphatic heterocycles. The lowest BCUT2D eigenvalue weighted by molar-refractivity contribution is -0.127. The third kappa shape index (κ3) is 5.23. The predicted octanol–water partition coefficient (Wildman–Crippen LogP) is 2.90. The third-order valence-electron chi connectivity index (χ3n) is 4.71. The first-order chi connectivity index (χ1) is 13.1. The van der Waals surface area contributed by atoms with Crippen LogP contribution >= 0.6 is 0 Å². The summed E-state index contributed by atoms with van der Waals surface area (Å²) in [6, 6.07) is 9.82. The molecule has 1 saturated heterocycles. The maximum atomic E-state index is 13.6. The molecule has 1 aromatic heterocycles. The molecule has 0 radical (unpaired) electrons. The molecule has 6 heteroatoms. The maximum Gasteiger partial charge on any atom is 0.252 e. The van der Waals surface area contributed by atoms with Crippen molar-refractivity contribution < 1.29 is 14.0 Å². The van der Waals surface area contributed by atoms with Gasteiger partial charge in [-0.15, -0.1) is 0 Å². The monoisotopic (exact) mass is 367 g/mol. The zero-order valence-corrected chi connectivity index (χ0v) is 15.0. The number of piperidine rings is 1. The van der Waals surface area contributed by atoms with Gasteiger partial charge in [-0.3, -0.25) is 14.6 Å². The molecule has 1 aliphatic rings. The number of benzene rings is 1. The Kier molecular flexibility index (Phi) is 6.30. The van der Waals surface area contributed by atoms with Gasteiger partial charge in [-0.2, -0.15) is 0 Å². The van der Waals surface area contributed by atoms with E-state index in [1.54, 1.807) is 47.6 Å². The number of carbonyl (C=O) groups excluding carboxylic acids is 2. The van der Waals surface area contributed by atoms with Gasteiger partial charge in [-0.05, 0) is 43.0 Å². The molecule has 0 bridgehead atoms. The van der Waals surface area contributed by atoms with Crippen LogP contribution in [0.4, 0.5) is 4.39 Å². The Morgan fingerprint density at radius 1 is 1.19 bits per heavy atom. The number of pyridine rings is 1. The largest absolute Gasteiger partial charge is 0.352 e. The van der Waals surface area contributed by atoms with Crippen LogP contribution < -0.4 is 5.32 Å². The summed E-state index contributed by atoms with van der Waals surface area (Å²) in [5.74, 6) is -0.250. The van der Waals surface area contributed by atoms with Crippen LogP contribution in [0.25, 0.3) is 6.08 Å². The highest BCUT2D eigenvalue weighted by atomic mass is 19.1. The van der Waals surface area contributed by atoms with Crippen LogP contribution in [0.1, 0.15) is 28.8 Å². The normalized spacial score (nSPS) is 15.1. The predicted molar refractivity (Wildman–Crippen MR) is 101 cm³/mol. The van der Waals surface area contributed by atoms with Gasteiger partial charge in [0, 0.05) is 43.7 Å². The molecule has 140 valence electrons. The Morgan fingerprint density at radius 3 is 2.67 bits per heavy atom. The van der Waals surface area contributed by atoms with Crippen molar-refractivity contribution in [2.75, 3.05) is 19.6 Å². The summed E-state index contributed by atoms with van der Waals surface area (Å²) in [6.07, 6.45) is 7.75. The molecule has 2 amide bonds. The summed E-state index contributed by atoms with van der Waals surface area (Å²) in [5, 5.41) is 2.93. The van der Waals surface area contributed by atoms with E-state index in [4.69, 9.17) is 0 Å². The quantitative estimate of drug-likeness (QED) is 0.827. The van der Waals surface area contributed by atoms with Gasteiger partial charge in [0.1, 0.15) is 5.82 Å². The fraction of sp³-hybridized carbons (Fsp3) is 0.286. The zero-order chi connectivity index (χ0) is 19.1. The molecule has 0 atom stereocenters. The van der Waals surface area contributed by atoms with E-state index in [1.807, 2.05) is 0 Å². The number of hydrogen-bond acceptors (Lipinski definition) is 3. The average molecular weight is 367 g/mol. The highest BCUT2D eigenvalue weighted by Gasteiger charge is 2.22. The minimum atomic E-state index is -0.343. The fourth-order valence-corrected chi connectivity index (χ4v) is 3.07. The Morgan fingerprint density at radius 2 is 1.96 bits per heavy atom. The van der Waals surface area contributed by atoms with E-state index in [9.17, 15) is 14.0 Å². The first-order valence-corrected chi connectivity index (χ1v) is 9.03. The molecule has 0 saturated carbocycles. The highest BCUT2D eigenvalue weighted by molar-refractivity contribution is 5.93. The van der Waals surface area contributed by atoms with E-state index in [-0.39, 0.29) is 17.6 Å². The summed E-state index contributed by atoms with van der Waals surface area (Å²) >= 11 is 0. The first-order valence-electron chi connectivity index (χ1n) is 9.03. The van der Waals surface area contributed by atoms with Gasteiger partial charge in [0.25, 0.3) is 5.91 Å². The van der Waals surface area contributed by atoms with Crippen LogP contribution in [0.3, 0.4) is 0 Å². The SMILES string of the molecule is O=C(NCC1CCN(C(=O)/C=C/c2ccccc2F)CC1)c1cccnc1. The standard InChI is InChI=1S/C21H22FN3O2/c22-19-6-2-1-4-17(19)7-8-20(26)25-12-9-16(10-13-25)14-24-21(27)18-5-3-11-23-15-18/h1-8,11,15-16H,9-10,12-14H2,(H,24,27)/b8-7+. The molecule has 1 fully saturated rings. The summed E-state index contributed by atoms with van der Waals surface area (Å²) in [4.78, 5) is 30.0. The van der Waals surface area contributed by atoms with Crippen LogP contribution in [0.2, 0.25) is 0 Å². The van der Waals surface area contributed by atoms with E-state index >= 15 is 0 Å². The van der Waals surface area contributed by atoms with Crippen molar-refractivity contribution in [2.45, 2.75) is 12.8 Å². The molecule has 5 nitrogen and oxygen atoms in total. The number of amides is 2. The zero-order valence-electron chi connectivity index (χ0n) is 15.0. The number of nitrogens with zero attached hydrogens (tertiary/aromatic N) is 2. The van der Waals surface area contributed by atoms with Crippen molar-refractivity contribution in [1.82, 2.24) is 15.2 Å². The van der Waals surface area contributed by atoms with Gasteiger partial charge in [0.15, 0.2) is 0 Å². The van der Waals surface area contributed by atoms with Crippen molar-refractivity contribution in [2.24, 2.45) is 5.92 Å². The lowest BCUT2D eigenvalue weighted by Crippen LogP contribution is -2.41. The van der Waals surface area contributed by atoms with Crippen molar-refractivity contribution >= 4 is 17.9 Å². The van der Waals surface area contributed by atoms with Gasteiger partial charge < -0.3 is 10.2 Å². The van der Waals surface area contributed by atoms with E-state index in [1.165, 1.54) is 18.2 Å². The molecule has 1 N–H and O–H groups in total. The summed E-state index contributed by atoms with van der Waals surface area (Å²) in [6.45, 7) is 1.85. The number of rotatable bonds is 5. The van der Waals surface area contributed by atoms with Gasteiger partial charge in [-0.1, -0.05) is 18.2 Å². The van der Waals surface area contributed by atoms with E-state index < -0.39 is 0 Å². The molecule has 0 aliphatic carbocycles.